The highest BCUT2D eigenvalue weighted by Gasteiger charge is 2.08. The largest absolute Gasteiger partial charge is 0.376 e. The smallest absolute Gasteiger partial charge is 0.250 e. The summed E-state index contributed by atoms with van der Waals surface area (Å²) in [5, 5.41) is 6.03. The summed E-state index contributed by atoms with van der Waals surface area (Å²) in [5.74, 6) is -0.671. The number of primary amides is 1. The van der Waals surface area contributed by atoms with Crippen LogP contribution in [-0.2, 0) is 4.79 Å². The molecule has 0 unspecified atom stereocenters. The van der Waals surface area contributed by atoms with Gasteiger partial charge in [0.25, 0.3) is 0 Å². The van der Waals surface area contributed by atoms with Crippen molar-refractivity contribution in [3.63, 3.8) is 0 Å². The quantitative estimate of drug-likeness (QED) is 0.744. The van der Waals surface area contributed by atoms with E-state index in [1.165, 1.54) is 6.07 Å². The molecular formula is C13H18ClN3O2. The number of nitrogens with two attached hydrogens (primary N) is 1. The Labute approximate surface area is 117 Å². The highest BCUT2D eigenvalue weighted by molar-refractivity contribution is 6.34. The molecule has 104 valence electrons. The molecule has 1 aromatic carbocycles. The SMILES string of the molecule is CC[C@H](C)NC(=O)CNc1ccc(C(N)=O)c(Cl)c1. The topological polar surface area (TPSA) is 84.2 Å². The Morgan fingerprint density at radius 3 is 2.63 bits per heavy atom. The predicted molar refractivity (Wildman–Crippen MR) is 76.4 cm³/mol. The Hall–Kier alpha value is -1.75. The normalized spacial score (nSPS) is 11.7. The molecular weight excluding hydrogens is 266 g/mol. The number of carbonyl (C=O) groups excluding carboxylic acids is 2. The van der Waals surface area contributed by atoms with E-state index in [0.717, 1.165) is 6.42 Å². The molecule has 0 heterocycles. The highest BCUT2D eigenvalue weighted by Crippen LogP contribution is 2.20. The summed E-state index contributed by atoms with van der Waals surface area (Å²) in [5.41, 5.74) is 6.07. The number of hydrogen-bond donors (Lipinski definition) is 3. The van der Waals surface area contributed by atoms with Crippen LogP contribution in [0.25, 0.3) is 0 Å². The van der Waals surface area contributed by atoms with Crippen LogP contribution in [0.15, 0.2) is 18.2 Å². The number of benzene rings is 1. The van der Waals surface area contributed by atoms with Crippen LogP contribution < -0.4 is 16.4 Å². The molecule has 1 atom stereocenters. The molecule has 6 heteroatoms. The first kappa shape index (κ1) is 15.3. The maximum atomic E-state index is 11.6. The first-order valence-corrected chi connectivity index (χ1v) is 6.44. The lowest BCUT2D eigenvalue weighted by Gasteiger charge is -2.12. The molecule has 0 aliphatic rings. The third kappa shape index (κ3) is 4.79. The molecule has 0 aromatic heterocycles. The summed E-state index contributed by atoms with van der Waals surface area (Å²) in [6, 6.07) is 4.90. The van der Waals surface area contributed by atoms with Crippen LogP contribution in [-0.4, -0.2) is 24.4 Å². The third-order valence-corrected chi connectivity index (χ3v) is 3.02. The van der Waals surface area contributed by atoms with Crippen LogP contribution in [0, 0.1) is 0 Å². The third-order valence-electron chi connectivity index (χ3n) is 2.71. The molecule has 1 rings (SSSR count). The second kappa shape index (κ2) is 6.99. The van der Waals surface area contributed by atoms with Gasteiger partial charge < -0.3 is 16.4 Å². The molecule has 0 bridgehead atoms. The number of hydrogen-bond acceptors (Lipinski definition) is 3. The van der Waals surface area contributed by atoms with E-state index >= 15 is 0 Å². The Morgan fingerprint density at radius 1 is 1.42 bits per heavy atom. The minimum atomic E-state index is -0.578. The van der Waals surface area contributed by atoms with E-state index in [4.69, 9.17) is 17.3 Å². The van der Waals surface area contributed by atoms with Gasteiger partial charge >= 0.3 is 0 Å². The van der Waals surface area contributed by atoms with E-state index < -0.39 is 5.91 Å². The van der Waals surface area contributed by atoms with E-state index in [1.54, 1.807) is 12.1 Å². The van der Waals surface area contributed by atoms with Gasteiger partial charge in [-0.3, -0.25) is 9.59 Å². The van der Waals surface area contributed by atoms with Gasteiger partial charge in [-0.15, -0.1) is 0 Å². The maximum Gasteiger partial charge on any atom is 0.250 e. The van der Waals surface area contributed by atoms with Gasteiger partial charge in [-0.2, -0.15) is 0 Å². The van der Waals surface area contributed by atoms with Crippen molar-refractivity contribution in [2.75, 3.05) is 11.9 Å². The second-order valence-electron chi connectivity index (χ2n) is 4.29. The summed E-state index contributed by atoms with van der Waals surface area (Å²) in [4.78, 5) is 22.6. The number of rotatable bonds is 6. The monoisotopic (exact) mass is 283 g/mol. The molecule has 0 aliphatic carbocycles. The van der Waals surface area contributed by atoms with E-state index in [2.05, 4.69) is 10.6 Å². The maximum absolute atomic E-state index is 11.6. The van der Waals surface area contributed by atoms with Crippen LogP contribution in [0.5, 0.6) is 0 Å². The van der Waals surface area contributed by atoms with Crippen molar-refractivity contribution in [1.29, 1.82) is 0 Å². The Kier molecular flexibility index (Phi) is 5.63. The summed E-state index contributed by atoms with van der Waals surface area (Å²) in [7, 11) is 0. The zero-order valence-electron chi connectivity index (χ0n) is 11.0. The second-order valence-corrected chi connectivity index (χ2v) is 4.70. The zero-order valence-corrected chi connectivity index (χ0v) is 11.8. The van der Waals surface area contributed by atoms with E-state index in [1.807, 2.05) is 13.8 Å². The minimum absolute atomic E-state index is 0.0931. The van der Waals surface area contributed by atoms with Crippen LogP contribution >= 0.6 is 11.6 Å². The van der Waals surface area contributed by atoms with E-state index in [0.29, 0.717) is 5.69 Å². The molecule has 0 aliphatic heterocycles. The van der Waals surface area contributed by atoms with Gasteiger partial charge in [0.1, 0.15) is 0 Å². The standard InChI is InChI=1S/C13H18ClN3O2/c1-3-8(2)17-12(18)7-16-9-4-5-10(13(15)19)11(14)6-9/h4-6,8,16H,3,7H2,1-2H3,(H2,15,19)(H,17,18)/t8-/m0/s1. The predicted octanol–water partition coefficient (Wildman–Crippen LogP) is 1.77. The number of nitrogens with one attached hydrogen (secondary N) is 2. The zero-order chi connectivity index (χ0) is 14.4. The van der Waals surface area contributed by atoms with Crippen molar-refractivity contribution < 1.29 is 9.59 Å². The van der Waals surface area contributed by atoms with Crippen molar-refractivity contribution in [3.8, 4) is 0 Å². The molecule has 2 amide bonds. The van der Waals surface area contributed by atoms with Gasteiger partial charge in [0.05, 0.1) is 17.1 Å². The summed E-state index contributed by atoms with van der Waals surface area (Å²) in [6.07, 6.45) is 0.880. The minimum Gasteiger partial charge on any atom is -0.376 e. The van der Waals surface area contributed by atoms with Gasteiger partial charge in [0, 0.05) is 11.7 Å². The molecule has 0 radical (unpaired) electrons. The molecule has 0 fully saturated rings. The van der Waals surface area contributed by atoms with Gasteiger partial charge in [0.15, 0.2) is 0 Å². The van der Waals surface area contributed by atoms with Crippen LogP contribution in [0.1, 0.15) is 30.6 Å². The van der Waals surface area contributed by atoms with Crippen LogP contribution in [0.2, 0.25) is 5.02 Å². The highest BCUT2D eigenvalue weighted by atomic mass is 35.5. The molecule has 1 aromatic rings. The first-order chi connectivity index (χ1) is 8.93. The molecule has 19 heavy (non-hydrogen) atoms. The molecule has 0 saturated heterocycles. The average molecular weight is 284 g/mol. The Balaban J connectivity index is 2.57. The average Bonchev–Trinajstić information content (AvgIpc) is 2.35. The van der Waals surface area contributed by atoms with Crippen LogP contribution in [0.4, 0.5) is 5.69 Å². The number of carbonyl (C=O) groups is 2. The lowest BCUT2D eigenvalue weighted by molar-refractivity contribution is -0.120. The van der Waals surface area contributed by atoms with Gasteiger partial charge in [0.2, 0.25) is 11.8 Å². The van der Waals surface area contributed by atoms with Crippen molar-refractivity contribution in [2.45, 2.75) is 26.3 Å². The fourth-order valence-electron chi connectivity index (χ4n) is 1.44. The van der Waals surface area contributed by atoms with E-state index in [9.17, 15) is 9.59 Å². The summed E-state index contributed by atoms with van der Waals surface area (Å²) < 4.78 is 0. The number of halogens is 1. The fraction of sp³-hybridized carbons (Fsp3) is 0.385. The van der Waals surface area contributed by atoms with Crippen molar-refractivity contribution in [2.24, 2.45) is 5.73 Å². The lowest BCUT2D eigenvalue weighted by Crippen LogP contribution is -2.36. The fourth-order valence-corrected chi connectivity index (χ4v) is 1.71. The molecule has 0 spiro atoms. The van der Waals surface area contributed by atoms with Gasteiger partial charge in [-0.1, -0.05) is 18.5 Å². The van der Waals surface area contributed by atoms with Crippen molar-refractivity contribution >= 4 is 29.1 Å². The number of amides is 2. The molecule has 5 nitrogen and oxygen atoms in total. The summed E-state index contributed by atoms with van der Waals surface area (Å²) >= 11 is 5.91. The van der Waals surface area contributed by atoms with Crippen molar-refractivity contribution in [3.05, 3.63) is 28.8 Å². The van der Waals surface area contributed by atoms with Crippen molar-refractivity contribution in [1.82, 2.24) is 5.32 Å². The Bertz CT molecular complexity index is 477. The summed E-state index contributed by atoms with van der Waals surface area (Å²) in [6.45, 7) is 4.09. The lowest BCUT2D eigenvalue weighted by atomic mass is 10.2. The Morgan fingerprint density at radius 2 is 2.11 bits per heavy atom. The van der Waals surface area contributed by atoms with E-state index in [-0.39, 0.29) is 29.1 Å². The van der Waals surface area contributed by atoms with Gasteiger partial charge in [-0.05, 0) is 31.5 Å². The molecule has 0 saturated carbocycles. The molecule has 4 N–H and O–H groups in total. The van der Waals surface area contributed by atoms with Gasteiger partial charge in [-0.25, -0.2) is 0 Å². The van der Waals surface area contributed by atoms with Crippen LogP contribution in [0.3, 0.4) is 0 Å². The first-order valence-electron chi connectivity index (χ1n) is 6.06. The number of anilines is 1.